The highest BCUT2D eigenvalue weighted by Crippen LogP contribution is 2.10. The number of carbonyl (C=O) groups excluding carboxylic acids is 1. The Bertz CT molecular complexity index is 356. The molecular formula is C11H20N4O2. The van der Waals surface area contributed by atoms with E-state index in [-0.39, 0.29) is 12.5 Å². The standard InChI is InChI=1S/C11H20N4O2/c1-3-8(4-5-16)6-13-11(17)10-9(12)7-14-15(10)2/h7-8,16H,3-6,12H2,1-2H3,(H,13,17). The third-order valence-electron chi connectivity index (χ3n) is 2.85. The van der Waals surface area contributed by atoms with Crippen LogP contribution in [0.1, 0.15) is 30.3 Å². The minimum Gasteiger partial charge on any atom is -0.396 e. The number of rotatable bonds is 6. The molecule has 0 fully saturated rings. The van der Waals surface area contributed by atoms with Crippen LogP contribution < -0.4 is 11.1 Å². The fourth-order valence-corrected chi connectivity index (χ4v) is 1.69. The van der Waals surface area contributed by atoms with Crippen molar-refractivity contribution in [1.29, 1.82) is 0 Å². The van der Waals surface area contributed by atoms with Gasteiger partial charge < -0.3 is 16.2 Å². The molecule has 1 aromatic rings. The van der Waals surface area contributed by atoms with Crippen molar-refractivity contribution in [2.24, 2.45) is 13.0 Å². The molecule has 0 saturated carbocycles. The normalized spacial score (nSPS) is 12.4. The van der Waals surface area contributed by atoms with Crippen molar-refractivity contribution in [2.75, 3.05) is 18.9 Å². The summed E-state index contributed by atoms with van der Waals surface area (Å²) < 4.78 is 1.46. The molecular weight excluding hydrogens is 220 g/mol. The SMILES string of the molecule is CCC(CCO)CNC(=O)c1c(N)cnn1C. The zero-order valence-electron chi connectivity index (χ0n) is 10.3. The van der Waals surface area contributed by atoms with Gasteiger partial charge in [0.1, 0.15) is 5.69 Å². The quantitative estimate of drug-likeness (QED) is 0.659. The number of nitrogens with two attached hydrogens (primary N) is 1. The molecule has 0 bridgehead atoms. The summed E-state index contributed by atoms with van der Waals surface area (Å²) in [5.41, 5.74) is 6.41. The summed E-state index contributed by atoms with van der Waals surface area (Å²) in [5, 5.41) is 15.6. The Hall–Kier alpha value is -1.56. The third kappa shape index (κ3) is 3.45. The molecule has 1 aromatic heterocycles. The number of nitrogens with one attached hydrogen (secondary N) is 1. The summed E-state index contributed by atoms with van der Waals surface area (Å²) in [6.45, 7) is 2.72. The molecule has 0 aromatic carbocycles. The Kier molecular flexibility index (Phi) is 4.96. The van der Waals surface area contributed by atoms with Gasteiger partial charge in [0.15, 0.2) is 0 Å². The van der Waals surface area contributed by atoms with E-state index in [0.717, 1.165) is 6.42 Å². The molecule has 0 radical (unpaired) electrons. The van der Waals surface area contributed by atoms with Crippen molar-refractivity contribution in [3.8, 4) is 0 Å². The Morgan fingerprint density at radius 1 is 1.71 bits per heavy atom. The van der Waals surface area contributed by atoms with Crippen molar-refractivity contribution >= 4 is 11.6 Å². The van der Waals surface area contributed by atoms with Crippen LogP contribution in [0.25, 0.3) is 0 Å². The maximum Gasteiger partial charge on any atom is 0.271 e. The summed E-state index contributed by atoms with van der Waals surface area (Å²) in [4.78, 5) is 11.9. The van der Waals surface area contributed by atoms with Gasteiger partial charge in [0.2, 0.25) is 0 Å². The number of hydrogen-bond acceptors (Lipinski definition) is 4. The Morgan fingerprint density at radius 2 is 2.41 bits per heavy atom. The summed E-state index contributed by atoms with van der Waals surface area (Å²) in [7, 11) is 1.68. The van der Waals surface area contributed by atoms with Crippen LogP contribution in [0.15, 0.2) is 6.20 Å². The second kappa shape index (κ2) is 6.24. The lowest BCUT2D eigenvalue weighted by Crippen LogP contribution is -2.31. The highest BCUT2D eigenvalue weighted by molar-refractivity contribution is 5.97. The number of carbonyl (C=O) groups is 1. The number of nitrogens with zero attached hydrogens (tertiary/aromatic N) is 2. The van der Waals surface area contributed by atoms with Gasteiger partial charge in [-0.2, -0.15) is 5.10 Å². The molecule has 0 spiro atoms. The van der Waals surface area contributed by atoms with E-state index in [9.17, 15) is 4.79 Å². The van der Waals surface area contributed by atoms with Crippen molar-refractivity contribution < 1.29 is 9.90 Å². The van der Waals surface area contributed by atoms with Crippen molar-refractivity contribution in [2.45, 2.75) is 19.8 Å². The summed E-state index contributed by atoms with van der Waals surface area (Å²) in [5.74, 6) is 0.0669. The first-order chi connectivity index (χ1) is 8.10. The van der Waals surface area contributed by atoms with E-state index in [1.807, 2.05) is 6.92 Å². The third-order valence-corrected chi connectivity index (χ3v) is 2.85. The molecule has 4 N–H and O–H groups in total. The molecule has 1 atom stereocenters. The minimum atomic E-state index is -0.223. The summed E-state index contributed by atoms with van der Waals surface area (Å²) in [6.07, 6.45) is 3.07. The van der Waals surface area contributed by atoms with Gasteiger partial charge in [0.25, 0.3) is 5.91 Å². The van der Waals surface area contributed by atoms with Gasteiger partial charge >= 0.3 is 0 Å². The lowest BCUT2D eigenvalue weighted by molar-refractivity contribution is 0.0935. The predicted molar refractivity (Wildman–Crippen MR) is 65.4 cm³/mol. The first kappa shape index (κ1) is 13.5. The number of amides is 1. The fourth-order valence-electron chi connectivity index (χ4n) is 1.69. The number of aliphatic hydroxyl groups is 1. The van der Waals surface area contributed by atoms with E-state index in [1.54, 1.807) is 7.05 Å². The molecule has 0 aliphatic rings. The fraction of sp³-hybridized carbons (Fsp3) is 0.636. The maximum absolute atomic E-state index is 11.9. The molecule has 1 rings (SSSR count). The van der Waals surface area contributed by atoms with Crippen LogP contribution in [0.3, 0.4) is 0 Å². The van der Waals surface area contributed by atoms with E-state index in [0.29, 0.717) is 30.3 Å². The predicted octanol–water partition coefficient (Wildman–Crippen LogP) is 0.141. The molecule has 0 aliphatic carbocycles. The summed E-state index contributed by atoms with van der Waals surface area (Å²) >= 11 is 0. The molecule has 17 heavy (non-hydrogen) atoms. The molecule has 1 heterocycles. The van der Waals surface area contributed by atoms with Crippen molar-refractivity contribution in [3.63, 3.8) is 0 Å². The highest BCUT2D eigenvalue weighted by atomic mass is 16.3. The van der Waals surface area contributed by atoms with Gasteiger partial charge in [0, 0.05) is 20.2 Å². The van der Waals surface area contributed by atoms with E-state index in [4.69, 9.17) is 10.8 Å². The molecule has 6 nitrogen and oxygen atoms in total. The number of aliphatic hydroxyl groups excluding tert-OH is 1. The lowest BCUT2D eigenvalue weighted by Gasteiger charge is -2.14. The van der Waals surface area contributed by atoms with E-state index in [1.165, 1.54) is 10.9 Å². The molecule has 96 valence electrons. The Labute approximate surface area is 101 Å². The van der Waals surface area contributed by atoms with Crippen molar-refractivity contribution in [1.82, 2.24) is 15.1 Å². The van der Waals surface area contributed by atoms with Gasteiger partial charge in [-0.1, -0.05) is 13.3 Å². The van der Waals surface area contributed by atoms with Gasteiger partial charge in [-0.3, -0.25) is 9.48 Å². The highest BCUT2D eigenvalue weighted by Gasteiger charge is 2.15. The van der Waals surface area contributed by atoms with Gasteiger partial charge in [-0.05, 0) is 12.3 Å². The smallest absolute Gasteiger partial charge is 0.271 e. The number of aryl methyl sites for hydroxylation is 1. The number of anilines is 1. The van der Waals surface area contributed by atoms with Crippen molar-refractivity contribution in [3.05, 3.63) is 11.9 Å². The van der Waals surface area contributed by atoms with Crippen LogP contribution in [0.5, 0.6) is 0 Å². The average molecular weight is 240 g/mol. The van der Waals surface area contributed by atoms with Crippen LogP contribution in [0, 0.1) is 5.92 Å². The second-order valence-corrected chi connectivity index (χ2v) is 4.07. The lowest BCUT2D eigenvalue weighted by atomic mass is 10.0. The topological polar surface area (TPSA) is 93.2 Å². The largest absolute Gasteiger partial charge is 0.396 e. The van der Waals surface area contributed by atoms with Gasteiger partial charge in [0.05, 0.1) is 11.9 Å². The zero-order chi connectivity index (χ0) is 12.8. The van der Waals surface area contributed by atoms with Crippen LogP contribution in [0.2, 0.25) is 0 Å². The summed E-state index contributed by atoms with van der Waals surface area (Å²) in [6, 6.07) is 0. The molecule has 1 amide bonds. The van der Waals surface area contributed by atoms with E-state index >= 15 is 0 Å². The van der Waals surface area contributed by atoms with Crippen LogP contribution >= 0.6 is 0 Å². The number of nitrogen functional groups attached to an aromatic ring is 1. The van der Waals surface area contributed by atoms with E-state index in [2.05, 4.69) is 10.4 Å². The molecule has 0 aliphatic heterocycles. The van der Waals surface area contributed by atoms with Gasteiger partial charge in [-0.15, -0.1) is 0 Å². The first-order valence-corrected chi connectivity index (χ1v) is 5.76. The average Bonchev–Trinajstić information content (AvgIpc) is 2.64. The van der Waals surface area contributed by atoms with Crippen LogP contribution in [-0.2, 0) is 7.05 Å². The monoisotopic (exact) mass is 240 g/mol. The van der Waals surface area contributed by atoms with E-state index < -0.39 is 0 Å². The maximum atomic E-state index is 11.9. The number of hydrogen-bond donors (Lipinski definition) is 3. The van der Waals surface area contributed by atoms with Crippen LogP contribution in [-0.4, -0.2) is 33.9 Å². The Morgan fingerprint density at radius 3 is 2.88 bits per heavy atom. The molecule has 6 heteroatoms. The first-order valence-electron chi connectivity index (χ1n) is 5.76. The van der Waals surface area contributed by atoms with Crippen LogP contribution in [0.4, 0.5) is 5.69 Å². The Balaban J connectivity index is 2.55. The number of aromatic nitrogens is 2. The molecule has 1 unspecified atom stereocenters. The minimum absolute atomic E-state index is 0.141. The van der Waals surface area contributed by atoms with Gasteiger partial charge in [-0.25, -0.2) is 0 Å². The molecule has 0 saturated heterocycles. The second-order valence-electron chi connectivity index (χ2n) is 4.07. The zero-order valence-corrected chi connectivity index (χ0v) is 10.3.